The van der Waals surface area contributed by atoms with Gasteiger partial charge in [-0.1, -0.05) is 164 Å². The summed E-state index contributed by atoms with van der Waals surface area (Å²) in [7, 11) is 0. The second-order valence-corrected chi connectivity index (χ2v) is 17.8. The first-order valence-corrected chi connectivity index (χ1v) is 22.9. The normalized spacial score (nSPS) is 19.8. The van der Waals surface area contributed by atoms with E-state index in [1.807, 2.05) is 0 Å². The molecular formula is C61H45N3O. The molecule has 2 aromatic heterocycles. The lowest BCUT2D eigenvalue weighted by Gasteiger charge is -2.29. The number of rotatable bonds is 7. The lowest BCUT2D eigenvalue weighted by atomic mass is 9.85. The third kappa shape index (κ3) is 6.47. The van der Waals surface area contributed by atoms with E-state index in [9.17, 15) is 0 Å². The molecule has 13 rings (SSSR count). The molecule has 7 aromatic carbocycles. The number of aromatic nitrogens is 2. The average Bonchev–Trinajstić information content (AvgIpc) is 4.06. The summed E-state index contributed by atoms with van der Waals surface area (Å²) in [6.45, 7) is 0. The maximum absolute atomic E-state index is 6.71. The minimum Gasteiger partial charge on any atom is -0.440 e. The number of allylic oxidation sites excluding steroid dienone is 10. The van der Waals surface area contributed by atoms with Crippen LogP contribution in [0.4, 0.5) is 11.4 Å². The Morgan fingerprint density at radius 2 is 1.28 bits per heavy atom. The summed E-state index contributed by atoms with van der Waals surface area (Å²) in [4.78, 5) is 7.58. The van der Waals surface area contributed by atoms with Crippen LogP contribution in [0, 0.1) is 0 Å². The monoisotopic (exact) mass is 835 g/mol. The largest absolute Gasteiger partial charge is 0.440 e. The predicted octanol–water partition coefficient (Wildman–Crippen LogP) is 15.7. The SMILES string of the molecule is C1=CCC(c2ccc3c(c2)c2cc(-c4ccccc4)ccc2n3C2=CCC(c3nc4ccc(N5c6ccc(-c7ccccc7)cc6C6C=C(c7ccccc7)C=CC65)cc4o3)C=C2)C=C1. The molecule has 0 spiro atoms. The van der Waals surface area contributed by atoms with Gasteiger partial charge < -0.3 is 13.9 Å². The average molecular weight is 836 g/mol. The van der Waals surface area contributed by atoms with E-state index in [1.54, 1.807) is 0 Å². The van der Waals surface area contributed by atoms with E-state index in [0.29, 0.717) is 5.92 Å². The molecule has 0 saturated heterocycles. The van der Waals surface area contributed by atoms with Gasteiger partial charge in [-0.05, 0) is 112 Å². The minimum absolute atomic E-state index is 0.0289. The highest BCUT2D eigenvalue weighted by molar-refractivity contribution is 6.12. The molecule has 0 radical (unpaired) electrons. The smallest absolute Gasteiger partial charge is 0.202 e. The van der Waals surface area contributed by atoms with Gasteiger partial charge in [0, 0.05) is 45.7 Å². The van der Waals surface area contributed by atoms with Gasteiger partial charge in [-0.3, -0.25) is 0 Å². The number of fused-ring (bicyclic) bond motifs is 7. The Labute approximate surface area is 378 Å². The van der Waals surface area contributed by atoms with Gasteiger partial charge in [0.15, 0.2) is 5.58 Å². The highest BCUT2D eigenvalue weighted by Gasteiger charge is 2.39. The van der Waals surface area contributed by atoms with Crippen LogP contribution in [0.2, 0.25) is 0 Å². The number of nitrogens with zero attached hydrogens (tertiary/aromatic N) is 3. The van der Waals surface area contributed by atoms with Crippen LogP contribution in [0.15, 0.2) is 229 Å². The third-order valence-corrected chi connectivity index (χ3v) is 14.0. The van der Waals surface area contributed by atoms with Crippen molar-refractivity contribution in [2.24, 2.45) is 0 Å². The molecule has 4 atom stereocenters. The number of oxazole rings is 1. The summed E-state index contributed by atoms with van der Waals surface area (Å²) in [6.07, 6.45) is 24.8. The summed E-state index contributed by atoms with van der Waals surface area (Å²) >= 11 is 0. The molecule has 4 aliphatic rings. The quantitative estimate of drug-likeness (QED) is 0.160. The summed E-state index contributed by atoms with van der Waals surface area (Å²) in [5.74, 6) is 1.35. The zero-order chi connectivity index (χ0) is 42.8. The minimum atomic E-state index is 0.0289. The highest BCUT2D eigenvalue weighted by atomic mass is 16.3. The fraction of sp³-hybridized carbons (Fsp3) is 0.0984. The first kappa shape index (κ1) is 37.6. The van der Waals surface area contributed by atoms with Crippen LogP contribution in [0.25, 0.3) is 66.4 Å². The summed E-state index contributed by atoms with van der Waals surface area (Å²) < 4.78 is 9.15. The van der Waals surface area contributed by atoms with Crippen molar-refractivity contribution in [3.05, 3.63) is 247 Å². The Morgan fingerprint density at radius 1 is 0.554 bits per heavy atom. The van der Waals surface area contributed by atoms with E-state index >= 15 is 0 Å². The first-order valence-electron chi connectivity index (χ1n) is 22.9. The van der Waals surface area contributed by atoms with Crippen LogP contribution in [0.1, 0.15) is 53.2 Å². The molecule has 1 aliphatic heterocycles. The Balaban J connectivity index is 0.827. The number of benzene rings is 7. The molecule has 4 heteroatoms. The number of hydrogen-bond donors (Lipinski definition) is 0. The van der Waals surface area contributed by atoms with Crippen LogP contribution in [0.5, 0.6) is 0 Å². The highest BCUT2D eigenvalue weighted by Crippen LogP contribution is 2.51. The van der Waals surface area contributed by atoms with E-state index < -0.39 is 0 Å². The number of anilines is 2. The Hall–Kier alpha value is -7.95. The molecule has 3 heterocycles. The van der Waals surface area contributed by atoms with Crippen molar-refractivity contribution in [3.63, 3.8) is 0 Å². The summed E-state index contributed by atoms with van der Waals surface area (Å²) in [5.41, 5.74) is 17.7. The Bertz CT molecular complexity index is 3510. The molecule has 0 bridgehead atoms. The molecular weight excluding hydrogens is 791 g/mol. The molecule has 0 N–H and O–H groups in total. The van der Waals surface area contributed by atoms with Crippen LogP contribution in [0.3, 0.4) is 0 Å². The van der Waals surface area contributed by atoms with E-state index in [2.05, 4.69) is 234 Å². The van der Waals surface area contributed by atoms with Crippen molar-refractivity contribution in [2.45, 2.75) is 36.6 Å². The molecule has 3 aliphatic carbocycles. The number of hydrogen-bond acceptors (Lipinski definition) is 3. The third-order valence-electron chi connectivity index (χ3n) is 14.0. The molecule has 0 fully saturated rings. The molecule has 310 valence electrons. The van der Waals surface area contributed by atoms with Crippen LogP contribution >= 0.6 is 0 Å². The van der Waals surface area contributed by atoms with Crippen LogP contribution in [-0.4, -0.2) is 15.6 Å². The standard InChI is InChI=1S/C61H45N3O/c1-5-13-40(14-6-1)45-23-31-56-51(35-45)52-36-46(41-15-7-2-8-16-41)24-32-57(52)63(56)49-27-21-44(22-28-49)61-62-55-30-29-50(39-60(55)65-61)64-58-33-25-47(42-17-9-3-10-18-42)37-53(58)54-38-48(26-34-59(54)64)43-19-11-4-12-20-43/h1-15,17-21,23-39,41,44,53,58H,16,22H2. The fourth-order valence-electron chi connectivity index (χ4n) is 10.7. The van der Waals surface area contributed by atoms with Gasteiger partial charge >= 0.3 is 0 Å². The Morgan fingerprint density at radius 3 is 2.02 bits per heavy atom. The molecule has 9 aromatic rings. The van der Waals surface area contributed by atoms with Gasteiger partial charge in [0.2, 0.25) is 5.89 Å². The van der Waals surface area contributed by atoms with Gasteiger partial charge in [0.05, 0.1) is 23.0 Å². The van der Waals surface area contributed by atoms with Crippen molar-refractivity contribution in [1.82, 2.24) is 9.55 Å². The van der Waals surface area contributed by atoms with Crippen molar-refractivity contribution < 1.29 is 4.42 Å². The Kier molecular flexibility index (Phi) is 8.90. The van der Waals surface area contributed by atoms with Crippen LogP contribution in [-0.2, 0) is 0 Å². The van der Waals surface area contributed by atoms with Crippen molar-refractivity contribution in [1.29, 1.82) is 0 Å². The second-order valence-electron chi connectivity index (χ2n) is 17.8. The van der Waals surface area contributed by atoms with Crippen molar-refractivity contribution >= 4 is 55.6 Å². The van der Waals surface area contributed by atoms with Gasteiger partial charge in [0.25, 0.3) is 0 Å². The summed E-state index contributed by atoms with van der Waals surface area (Å²) in [6, 6.07) is 59.7. The topological polar surface area (TPSA) is 34.2 Å². The van der Waals surface area contributed by atoms with Gasteiger partial charge in [-0.15, -0.1) is 0 Å². The predicted molar refractivity (Wildman–Crippen MR) is 269 cm³/mol. The first-order chi connectivity index (χ1) is 32.2. The second kappa shape index (κ2) is 15.4. The summed E-state index contributed by atoms with van der Waals surface area (Å²) in [5, 5.41) is 2.55. The molecule has 65 heavy (non-hydrogen) atoms. The maximum Gasteiger partial charge on any atom is 0.202 e. The van der Waals surface area contributed by atoms with Crippen molar-refractivity contribution in [3.8, 4) is 22.3 Å². The van der Waals surface area contributed by atoms with Crippen LogP contribution < -0.4 is 4.90 Å². The van der Waals surface area contributed by atoms with E-state index in [0.717, 1.165) is 35.5 Å². The van der Waals surface area contributed by atoms with E-state index in [4.69, 9.17) is 9.40 Å². The van der Waals surface area contributed by atoms with E-state index in [1.165, 1.54) is 77.7 Å². The molecule has 4 unspecified atom stereocenters. The zero-order valence-electron chi connectivity index (χ0n) is 35.8. The molecule has 0 amide bonds. The lowest BCUT2D eigenvalue weighted by molar-refractivity contribution is 0.505. The fourth-order valence-corrected chi connectivity index (χ4v) is 10.7. The van der Waals surface area contributed by atoms with Crippen molar-refractivity contribution in [2.75, 3.05) is 4.90 Å². The zero-order valence-corrected chi connectivity index (χ0v) is 35.8. The van der Waals surface area contributed by atoms with Gasteiger partial charge in [-0.25, -0.2) is 4.98 Å². The maximum atomic E-state index is 6.71. The van der Waals surface area contributed by atoms with E-state index in [-0.39, 0.29) is 17.9 Å². The molecule has 4 nitrogen and oxygen atoms in total. The molecule has 0 saturated carbocycles. The lowest BCUT2D eigenvalue weighted by Crippen LogP contribution is -2.28. The van der Waals surface area contributed by atoms with Gasteiger partial charge in [-0.2, -0.15) is 0 Å². The van der Waals surface area contributed by atoms with Gasteiger partial charge in [0.1, 0.15) is 5.52 Å².